The molecular weight excluding hydrogens is 834 g/mol. The van der Waals surface area contributed by atoms with Gasteiger partial charge in [0.05, 0.1) is 25.4 Å². The average Bonchev–Trinajstić information content (AvgIpc) is 3.26. The molecule has 0 bridgehead atoms. The maximum atomic E-state index is 12.7. The van der Waals surface area contributed by atoms with Gasteiger partial charge in [0.15, 0.2) is 28.4 Å². The highest BCUT2D eigenvalue weighted by atomic mass is 35.5. The van der Waals surface area contributed by atoms with Gasteiger partial charge in [-0.05, 0) is 54.4 Å². The van der Waals surface area contributed by atoms with Crippen LogP contribution in [0.15, 0.2) is 48.5 Å². The number of nitrogens with zero attached hydrogens (tertiary/aromatic N) is 3. The van der Waals surface area contributed by atoms with Crippen LogP contribution in [0, 0.1) is 5.41 Å². The maximum Gasteiger partial charge on any atom is 0.280 e. The average molecular weight is 894 g/mol. The predicted molar refractivity (Wildman–Crippen MR) is 228 cm³/mol. The zero-order valence-corrected chi connectivity index (χ0v) is 34.8. The third kappa shape index (κ3) is 16.6. The van der Waals surface area contributed by atoms with Crippen molar-refractivity contribution in [3.8, 4) is 11.1 Å². The van der Waals surface area contributed by atoms with Crippen molar-refractivity contribution in [1.82, 2.24) is 30.8 Å². The van der Waals surface area contributed by atoms with Crippen molar-refractivity contribution in [1.29, 1.82) is 5.41 Å². The van der Waals surface area contributed by atoms with Gasteiger partial charge in [-0.15, -0.1) is 0 Å². The molecule has 62 heavy (non-hydrogen) atoms. The van der Waals surface area contributed by atoms with Crippen molar-refractivity contribution in [2.75, 3.05) is 57.4 Å². The molecule has 3 aromatic rings. The number of nitrogens with one attached hydrogen (secondary N) is 4. The number of anilines is 2. The topological polar surface area (TPSA) is 377 Å². The molecule has 0 saturated heterocycles. The Kier molecular flexibility index (Phi) is 21.8. The minimum atomic E-state index is -1.92. The van der Waals surface area contributed by atoms with Crippen molar-refractivity contribution in [3.05, 3.63) is 70.5 Å². The summed E-state index contributed by atoms with van der Waals surface area (Å²) in [5, 5.41) is 115. The minimum absolute atomic E-state index is 0.00170. The van der Waals surface area contributed by atoms with E-state index in [0.717, 1.165) is 41.5 Å². The van der Waals surface area contributed by atoms with E-state index in [1.54, 1.807) is 0 Å². The fourth-order valence-electron chi connectivity index (χ4n) is 6.24. The Bertz CT molecular complexity index is 1820. The molecule has 344 valence electrons. The van der Waals surface area contributed by atoms with Gasteiger partial charge in [-0.3, -0.25) is 25.2 Å². The van der Waals surface area contributed by atoms with Gasteiger partial charge in [-0.2, -0.15) is 0 Å². The largest absolute Gasteiger partial charge is 0.394 e. The second-order valence-corrected chi connectivity index (χ2v) is 15.2. The molecule has 0 unspecified atom stereocenters. The smallest absolute Gasteiger partial charge is 0.280 e. The Balaban J connectivity index is 1.40. The third-order valence-electron chi connectivity index (χ3n) is 9.95. The Hall–Kier alpha value is -4.62. The van der Waals surface area contributed by atoms with Crippen LogP contribution < -0.4 is 27.4 Å². The van der Waals surface area contributed by atoms with Gasteiger partial charge in [0.1, 0.15) is 36.6 Å². The van der Waals surface area contributed by atoms with Gasteiger partial charge in [0.25, 0.3) is 5.91 Å². The molecule has 8 atom stereocenters. The Morgan fingerprint density at radius 3 is 1.65 bits per heavy atom. The lowest BCUT2D eigenvalue weighted by molar-refractivity contribution is -0.130. The predicted octanol–water partition coefficient (Wildman–Crippen LogP) is -3.15. The number of guanidine groups is 1. The zero-order chi connectivity index (χ0) is 45.9. The lowest BCUT2D eigenvalue weighted by atomic mass is 9.99. The zero-order valence-electron chi connectivity index (χ0n) is 34.1. The van der Waals surface area contributed by atoms with Crippen molar-refractivity contribution >= 4 is 41.0 Å². The number of unbranched alkanes of at least 4 members (excludes halogenated alkanes) is 1. The molecule has 0 radical (unpaired) electrons. The standard InChI is InChI=1S/C40H60ClN9O12/c41-36-38(43)48-37(42)31(47-36)39(62)49-40(44)46-15-2-1-4-22-7-11-24(12-8-22)25-13-9-23(10-14-25)5-3-6-30(57)45-16-17-50(18-26(53)32(58)34(60)28(55)20-51)19-27(54)33(59)35(61)29(56)21-52/h7-14,26-29,32-35,51-56,58-61H,1-6,15-21H2,(H,45,57)(H4,42,43,48)(H3,44,46,49,62)/t26-,27-,28+,29+,32+,33+,34+,35+/m0/s1. The second kappa shape index (κ2) is 26.1. The van der Waals surface area contributed by atoms with E-state index in [0.29, 0.717) is 19.4 Å². The summed E-state index contributed by atoms with van der Waals surface area (Å²) in [6, 6.07) is 16.2. The summed E-state index contributed by atoms with van der Waals surface area (Å²) in [4.78, 5) is 33.9. The molecule has 0 aliphatic rings. The molecule has 1 aromatic heterocycles. The molecule has 22 heteroatoms. The molecule has 21 nitrogen and oxygen atoms in total. The number of carbonyl (C=O) groups is 2. The lowest BCUT2D eigenvalue weighted by Crippen LogP contribution is -2.54. The second-order valence-electron chi connectivity index (χ2n) is 14.8. The van der Waals surface area contributed by atoms with Crippen LogP contribution in [0.2, 0.25) is 5.15 Å². The molecular formula is C40H60ClN9O12. The van der Waals surface area contributed by atoms with Crippen molar-refractivity contribution in [2.45, 2.75) is 87.4 Å². The number of halogens is 1. The number of amides is 2. The van der Waals surface area contributed by atoms with Gasteiger partial charge >= 0.3 is 0 Å². The normalized spacial score (nSPS) is 15.5. The van der Waals surface area contributed by atoms with Crippen LogP contribution in [0.4, 0.5) is 11.6 Å². The van der Waals surface area contributed by atoms with Gasteiger partial charge < -0.3 is 73.2 Å². The summed E-state index contributed by atoms with van der Waals surface area (Å²) in [5.41, 5.74) is 15.2. The lowest BCUT2D eigenvalue weighted by Gasteiger charge is -2.33. The quantitative estimate of drug-likeness (QED) is 0.0215. The van der Waals surface area contributed by atoms with Gasteiger partial charge in [0.2, 0.25) is 5.91 Å². The van der Waals surface area contributed by atoms with E-state index in [4.69, 9.17) is 38.7 Å². The molecule has 0 aliphatic carbocycles. The first-order chi connectivity index (χ1) is 29.4. The first-order valence-electron chi connectivity index (χ1n) is 20.0. The fraction of sp³-hybridized carbons (Fsp3) is 0.525. The summed E-state index contributed by atoms with van der Waals surface area (Å²) in [5.74, 6) is -1.54. The third-order valence-corrected chi connectivity index (χ3v) is 10.2. The number of aliphatic hydroxyl groups excluding tert-OH is 10. The van der Waals surface area contributed by atoms with E-state index < -0.39 is 81.0 Å². The van der Waals surface area contributed by atoms with E-state index in [1.807, 2.05) is 36.4 Å². The number of carbonyl (C=O) groups excluding carboxylic acids is 2. The van der Waals surface area contributed by atoms with Gasteiger partial charge in [0, 0.05) is 39.1 Å². The summed E-state index contributed by atoms with van der Waals surface area (Å²) >= 11 is 5.82. The number of benzene rings is 2. The summed E-state index contributed by atoms with van der Waals surface area (Å²) in [6.07, 6.45) is -10.9. The molecule has 0 saturated carbocycles. The van der Waals surface area contributed by atoms with Crippen LogP contribution in [0.1, 0.15) is 47.3 Å². The van der Waals surface area contributed by atoms with E-state index in [2.05, 4.69) is 38.1 Å². The number of rotatable bonds is 26. The van der Waals surface area contributed by atoms with Crippen LogP contribution in [0.3, 0.4) is 0 Å². The molecule has 0 spiro atoms. The summed E-state index contributed by atoms with van der Waals surface area (Å²) in [7, 11) is 0. The van der Waals surface area contributed by atoms with E-state index in [9.17, 15) is 50.4 Å². The number of aromatic nitrogens is 2. The monoisotopic (exact) mass is 893 g/mol. The molecule has 18 N–H and O–H groups in total. The highest BCUT2D eigenvalue weighted by molar-refractivity contribution is 6.31. The molecule has 1 heterocycles. The highest BCUT2D eigenvalue weighted by Crippen LogP contribution is 2.22. The first-order valence-corrected chi connectivity index (χ1v) is 20.4. The van der Waals surface area contributed by atoms with Crippen molar-refractivity contribution in [3.63, 3.8) is 0 Å². The number of hydrogen-bond donors (Lipinski definition) is 16. The molecule has 3 rings (SSSR count). The minimum Gasteiger partial charge on any atom is -0.394 e. The summed E-state index contributed by atoms with van der Waals surface area (Å²) < 4.78 is 0. The van der Waals surface area contributed by atoms with Crippen LogP contribution in [-0.2, 0) is 17.6 Å². The van der Waals surface area contributed by atoms with Gasteiger partial charge in [-0.25, -0.2) is 9.97 Å². The van der Waals surface area contributed by atoms with Crippen LogP contribution >= 0.6 is 11.6 Å². The SMILES string of the molecule is N=C(NCCCCc1ccc(-c2ccc(CCCC(=O)NCCN(C[C@H](O)[C@@H](O)[C@H](O)[C@H](O)CO)C[C@H](O)[C@@H](O)[C@H](O)[C@H](O)CO)cc2)cc1)NC(=O)c1nc(Cl)c(N)nc1N. The van der Waals surface area contributed by atoms with Crippen LogP contribution in [0.25, 0.3) is 11.1 Å². The fourth-order valence-corrected chi connectivity index (χ4v) is 6.37. The van der Waals surface area contributed by atoms with Crippen molar-refractivity contribution < 1.29 is 60.7 Å². The number of aliphatic hydroxyl groups is 10. The maximum absolute atomic E-state index is 12.7. The number of nitrogen functional groups attached to an aromatic ring is 2. The number of nitrogens with two attached hydrogens (primary N) is 2. The van der Waals surface area contributed by atoms with E-state index in [-0.39, 0.29) is 53.9 Å². The van der Waals surface area contributed by atoms with Crippen molar-refractivity contribution in [2.24, 2.45) is 0 Å². The molecule has 0 aliphatic heterocycles. The van der Waals surface area contributed by atoms with Crippen LogP contribution in [0.5, 0.6) is 0 Å². The molecule has 2 aromatic carbocycles. The highest BCUT2D eigenvalue weighted by Gasteiger charge is 2.34. The number of aryl methyl sites for hydroxylation is 2. The van der Waals surface area contributed by atoms with Crippen LogP contribution in [-0.4, -0.2) is 178 Å². The Morgan fingerprint density at radius 2 is 1.15 bits per heavy atom. The van der Waals surface area contributed by atoms with Gasteiger partial charge in [-0.1, -0.05) is 60.1 Å². The molecule has 2 amide bonds. The molecule has 0 fully saturated rings. The Morgan fingerprint density at radius 1 is 0.661 bits per heavy atom. The van der Waals surface area contributed by atoms with E-state index in [1.165, 1.54) is 4.90 Å². The summed E-state index contributed by atoms with van der Waals surface area (Å²) in [6.45, 7) is -2.24. The van der Waals surface area contributed by atoms with E-state index >= 15 is 0 Å². The number of hydrogen-bond acceptors (Lipinski definition) is 18. The first kappa shape index (κ1) is 51.7. The Labute approximate surface area is 363 Å².